The van der Waals surface area contributed by atoms with Crippen molar-refractivity contribution in [1.82, 2.24) is 5.32 Å². The van der Waals surface area contributed by atoms with E-state index >= 15 is 0 Å². The molecule has 0 aliphatic rings. The molecule has 1 N–H and O–H groups in total. The fraction of sp³-hybridized carbons (Fsp3) is 0.200. The topological polar surface area (TPSA) is 46.2 Å². The van der Waals surface area contributed by atoms with Gasteiger partial charge < -0.3 is 5.32 Å². The zero-order valence-corrected chi connectivity index (χ0v) is 11.7. The predicted molar refractivity (Wildman–Crippen MR) is 76.6 cm³/mol. The van der Waals surface area contributed by atoms with Crippen LogP contribution < -0.4 is 5.32 Å². The second-order valence-electron chi connectivity index (χ2n) is 4.44. The molecule has 0 saturated heterocycles. The Bertz CT molecular complexity index is 639. The molecule has 2 aromatic carbocycles. The van der Waals surface area contributed by atoms with Crippen LogP contribution in [0.4, 0.5) is 4.39 Å². The monoisotopic (exact) mass is 293 g/mol. The van der Waals surface area contributed by atoms with E-state index in [2.05, 4.69) is 5.32 Å². The summed E-state index contributed by atoms with van der Waals surface area (Å²) >= 11 is 0. The average Bonchev–Trinajstić information content (AvgIpc) is 2.45. The molecule has 20 heavy (non-hydrogen) atoms. The lowest BCUT2D eigenvalue weighted by Gasteiger charge is -2.06. The van der Waals surface area contributed by atoms with Crippen LogP contribution in [0, 0.1) is 5.82 Å². The van der Waals surface area contributed by atoms with E-state index in [1.807, 2.05) is 30.3 Å². The fourth-order valence-corrected chi connectivity index (χ4v) is 2.99. The Morgan fingerprint density at radius 1 is 0.950 bits per heavy atom. The lowest BCUT2D eigenvalue weighted by atomic mass is 10.2. The lowest BCUT2D eigenvalue weighted by molar-refractivity contribution is 0.589. The highest BCUT2D eigenvalue weighted by Crippen LogP contribution is 2.11. The van der Waals surface area contributed by atoms with Crippen molar-refractivity contribution < 1.29 is 12.8 Å². The highest BCUT2D eigenvalue weighted by atomic mass is 32.2. The smallest absolute Gasteiger partial charge is 0.179 e. The minimum absolute atomic E-state index is 0.00847. The van der Waals surface area contributed by atoms with Crippen molar-refractivity contribution in [3.63, 3.8) is 0 Å². The molecule has 0 aliphatic carbocycles. The van der Waals surface area contributed by atoms with Crippen molar-refractivity contribution in [3.8, 4) is 0 Å². The van der Waals surface area contributed by atoms with E-state index < -0.39 is 15.7 Å². The van der Waals surface area contributed by atoms with Crippen molar-refractivity contribution in [1.29, 1.82) is 0 Å². The Morgan fingerprint density at radius 2 is 1.60 bits per heavy atom. The number of hydrogen-bond acceptors (Lipinski definition) is 3. The first-order chi connectivity index (χ1) is 9.58. The fourth-order valence-electron chi connectivity index (χ4n) is 1.79. The maximum absolute atomic E-state index is 12.8. The van der Waals surface area contributed by atoms with Gasteiger partial charge in [0.05, 0.1) is 10.6 Å². The number of rotatable bonds is 6. The summed E-state index contributed by atoms with van der Waals surface area (Å²) in [6.45, 7) is 0.981. The van der Waals surface area contributed by atoms with E-state index in [4.69, 9.17) is 0 Å². The molecule has 2 aromatic rings. The van der Waals surface area contributed by atoms with Crippen molar-refractivity contribution >= 4 is 9.84 Å². The summed E-state index contributed by atoms with van der Waals surface area (Å²) in [5, 5.41) is 3.09. The largest absolute Gasteiger partial charge is 0.312 e. The van der Waals surface area contributed by atoms with Gasteiger partial charge in [-0.05, 0) is 29.8 Å². The summed E-state index contributed by atoms with van der Waals surface area (Å²) < 4.78 is 36.7. The van der Waals surface area contributed by atoms with Crippen LogP contribution in [0.15, 0.2) is 59.5 Å². The normalized spacial score (nSPS) is 11.4. The zero-order valence-electron chi connectivity index (χ0n) is 10.9. The van der Waals surface area contributed by atoms with E-state index in [1.165, 1.54) is 12.1 Å². The zero-order chi connectivity index (χ0) is 14.4. The van der Waals surface area contributed by atoms with Crippen LogP contribution in [0.1, 0.15) is 5.56 Å². The summed E-state index contributed by atoms with van der Waals surface area (Å²) in [5.74, 6) is -0.447. The van der Waals surface area contributed by atoms with Gasteiger partial charge in [-0.25, -0.2) is 12.8 Å². The Morgan fingerprint density at radius 3 is 2.25 bits per heavy atom. The van der Waals surface area contributed by atoms with Crippen molar-refractivity contribution in [3.05, 3.63) is 66.0 Å². The first-order valence-electron chi connectivity index (χ1n) is 6.31. The first kappa shape index (κ1) is 14.7. The van der Waals surface area contributed by atoms with E-state index in [-0.39, 0.29) is 10.6 Å². The van der Waals surface area contributed by atoms with Crippen molar-refractivity contribution in [2.75, 3.05) is 12.3 Å². The first-order valence-corrected chi connectivity index (χ1v) is 7.96. The number of halogens is 1. The molecule has 0 fully saturated rings. The third kappa shape index (κ3) is 4.15. The van der Waals surface area contributed by atoms with Gasteiger partial charge in [-0.3, -0.25) is 0 Å². The summed E-state index contributed by atoms with van der Waals surface area (Å²) in [6.07, 6.45) is 0. The minimum Gasteiger partial charge on any atom is -0.312 e. The van der Waals surface area contributed by atoms with Gasteiger partial charge in [-0.2, -0.15) is 0 Å². The highest BCUT2D eigenvalue weighted by molar-refractivity contribution is 7.91. The van der Waals surface area contributed by atoms with Crippen LogP contribution in [0.25, 0.3) is 0 Å². The third-order valence-electron chi connectivity index (χ3n) is 2.89. The van der Waals surface area contributed by atoms with Crippen LogP contribution in [-0.4, -0.2) is 20.7 Å². The van der Waals surface area contributed by atoms with Crippen LogP contribution in [0.3, 0.4) is 0 Å². The molecule has 3 nitrogen and oxygen atoms in total. The van der Waals surface area contributed by atoms with Gasteiger partial charge in [0.25, 0.3) is 0 Å². The molecule has 106 valence electrons. The standard InChI is InChI=1S/C15H16FNO2S/c16-14-6-8-15(9-7-14)20(18,19)11-10-17-12-13-4-2-1-3-5-13/h1-9,17H,10-12H2. The van der Waals surface area contributed by atoms with E-state index in [0.29, 0.717) is 13.1 Å². The maximum Gasteiger partial charge on any atom is 0.179 e. The van der Waals surface area contributed by atoms with Crippen LogP contribution in [0.5, 0.6) is 0 Å². The number of benzene rings is 2. The molecular formula is C15H16FNO2S. The van der Waals surface area contributed by atoms with Gasteiger partial charge in [0, 0.05) is 13.1 Å². The predicted octanol–water partition coefficient (Wildman–Crippen LogP) is 2.39. The summed E-state index contributed by atoms with van der Waals surface area (Å²) in [6, 6.07) is 14.7. The summed E-state index contributed by atoms with van der Waals surface area (Å²) in [5.41, 5.74) is 1.10. The van der Waals surface area contributed by atoms with Crippen molar-refractivity contribution in [2.45, 2.75) is 11.4 Å². The molecule has 0 bridgehead atoms. The molecule has 2 rings (SSSR count). The van der Waals surface area contributed by atoms with Gasteiger partial charge in [0.15, 0.2) is 9.84 Å². The molecule has 0 aliphatic heterocycles. The quantitative estimate of drug-likeness (QED) is 0.657. The second-order valence-corrected chi connectivity index (χ2v) is 6.54. The van der Waals surface area contributed by atoms with Gasteiger partial charge in [-0.15, -0.1) is 0 Å². The lowest BCUT2D eigenvalue weighted by Crippen LogP contribution is -2.22. The Hall–Kier alpha value is -1.72. The van der Waals surface area contributed by atoms with Gasteiger partial charge in [-0.1, -0.05) is 30.3 Å². The number of nitrogens with one attached hydrogen (secondary N) is 1. The van der Waals surface area contributed by atoms with E-state index in [0.717, 1.165) is 17.7 Å². The Kier molecular flexibility index (Phi) is 4.87. The minimum atomic E-state index is -3.36. The van der Waals surface area contributed by atoms with Gasteiger partial charge in [0.1, 0.15) is 5.82 Å². The third-order valence-corrected chi connectivity index (χ3v) is 4.62. The van der Waals surface area contributed by atoms with Crippen LogP contribution in [-0.2, 0) is 16.4 Å². The molecule has 5 heteroatoms. The molecule has 0 spiro atoms. The molecule has 0 aromatic heterocycles. The average molecular weight is 293 g/mol. The molecule has 0 saturated carbocycles. The molecule has 0 atom stereocenters. The summed E-state index contributed by atoms with van der Waals surface area (Å²) in [4.78, 5) is 0.153. The maximum atomic E-state index is 12.8. The van der Waals surface area contributed by atoms with Crippen LogP contribution in [0.2, 0.25) is 0 Å². The molecular weight excluding hydrogens is 277 g/mol. The molecule has 0 radical (unpaired) electrons. The molecule has 0 amide bonds. The van der Waals surface area contributed by atoms with Crippen LogP contribution >= 0.6 is 0 Å². The Labute approximate surface area is 118 Å². The SMILES string of the molecule is O=S(=O)(CCNCc1ccccc1)c1ccc(F)cc1. The van der Waals surface area contributed by atoms with E-state index in [9.17, 15) is 12.8 Å². The second kappa shape index (κ2) is 6.63. The van der Waals surface area contributed by atoms with Gasteiger partial charge >= 0.3 is 0 Å². The van der Waals surface area contributed by atoms with Gasteiger partial charge in [0.2, 0.25) is 0 Å². The Balaban J connectivity index is 1.85. The molecule has 0 heterocycles. The van der Waals surface area contributed by atoms with Crippen molar-refractivity contribution in [2.24, 2.45) is 0 Å². The number of hydrogen-bond donors (Lipinski definition) is 1. The molecule has 0 unspecified atom stereocenters. The highest BCUT2D eigenvalue weighted by Gasteiger charge is 2.13. The van der Waals surface area contributed by atoms with E-state index in [1.54, 1.807) is 0 Å². The summed E-state index contributed by atoms with van der Waals surface area (Å²) in [7, 11) is -3.36. The number of sulfone groups is 1.